The molecule has 0 spiro atoms. The van der Waals surface area contributed by atoms with E-state index in [1.54, 1.807) is 27.7 Å². The Morgan fingerprint density at radius 1 is 1.18 bits per heavy atom. The van der Waals surface area contributed by atoms with Crippen LogP contribution in [0.2, 0.25) is 0 Å². The number of aromatic nitrogens is 2. The fourth-order valence-electron chi connectivity index (χ4n) is 3.56. The lowest BCUT2D eigenvalue weighted by atomic mass is 9.98. The number of carbonyl (C=O) groups excluding carboxylic acids is 2. The SMILES string of the molecule is C=C[C@]1(COP(=O)(N[C@@H](C)C(=O)OC(C)C)N[C@@H](C)C(=O)OC(C)C)O[C@@H](n2ccc(=O)[nH]c2=O)[C@H](O)[C@@H]1F. The highest BCUT2D eigenvalue weighted by molar-refractivity contribution is 7.54. The Balaban J connectivity index is 2.34. The van der Waals surface area contributed by atoms with Crippen LogP contribution in [0.1, 0.15) is 47.8 Å². The molecule has 4 N–H and O–H groups in total. The molecule has 0 unspecified atom stereocenters. The zero-order valence-electron chi connectivity index (χ0n) is 22.6. The van der Waals surface area contributed by atoms with Crippen LogP contribution in [-0.4, -0.2) is 75.4 Å². The molecule has 16 heteroatoms. The van der Waals surface area contributed by atoms with Crippen molar-refractivity contribution in [3.05, 3.63) is 45.8 Å². The van der Waals surface area contributed by atoms with Gasteiger partial charge in [0, 0.05) is 12.3 Å². The number of carbonyl (C=O) groups is 2. The lowest BCUT2D eigenvalue weighted by molar-refractivity contribution is -0.149. The van der Waals surface area contributed by atoms with E-state index >= 15 is 4.39 Å². The zero-order chi connectivity index (χ0) is 29.7. The van der Waals surface area contributed by atoms with Crippen LogP contribution < -0.4 is 21.4 Å². The molecule has 1 fully saturated rings. The monoisotopic (exact) mass is 578 g/mol. The summed E-state index contributed by atoms with van der Waals surface area (Å²) in [6.45, 7) is 11.8. The molecular weight excluding hydrogens is 542 g/mol. The third kappa shape index (κ3) is 8.16. The Morgan fingerprint density at radius 3 is 2.13 bits per heavy atom. The van der Waals surface area contributed by atoms with Crippen molar-refractivity contribution in [1.82, 2.24) is 19.7 Å². The van der Waals surface area contributed by atoms with Crippen LogP contribution in [0.25, 0.3) is 0 Å². The number of esters is 2. The highest BCUT2D eigenvalue weighted by atomic mass is 31.2. The van der Waals surface area contributed by atoms with Crippen molar-refractivity contribution in [2.24, 2.45) is 0 Å². The van der Waals surface area contributed by atoms with Crippen LogP contribution in [0.5, 0.6) is 0 Å². The number of H-pyrrole nitrogens is 1. The molecule has 0 bridgehead atoms. The van der Waals surface area contributed by atoms with E-state index in [1.807, 2.05) is 4.98 Å². The van der Waals surface area contributed by atoms with Crippen LogP contribution in [0.4, 0.5) is 4.39 Å². The molecule has 0 saturated carbocycles. The Bertz CT molecular complexity index is 1170. The van der Waals surface area contributed by atoms with Crippen LogP contribution in [0.3, 0.4) is 0 Å². The molecule has 1 aliphatic heterocycles. The molecule has 0 amide bonds. The first-order chi connectivity index (χ1) is 18.0. The number of aliphatic hydroxyl groups is 1. The minimum atomic E-state index is -4.38. The van der Waals surface area contributed by atoms with E-state index in [2.05, 4.69) is 16.8 Å². The van der Waals surface area contributed by atoms with Gasteiger partial charge in [-0.15, -0.1) is 6.58 Å². The quantitative estimate of drug-likeness (QED) is 0.146. The number of hydrogen-bond donors (Lipinski definition) is 4. The maximum atomic E-state index is 15.4. The van der Waals surface area contributed by atoms with Crippen LogP contribution in [0, 0.1) is 0 Å². The highest BCUT2D eigenvalue weighted by Gasteiger charge is 2.56. The summed E-state index contributed by atoms with van der Waals surface area (Å²) in [6, 6.07) is -1.43. The van der Waals surface area contributed by atoms with Gasteiger partial charge in [0.05, 0.1) is 18.8 Å². The molecule has 1 aromatic rings. The smallest absolute Gasteiger partial charge is 0.342 e. The number of hydrogen-bond acceptors (Lipinski definition) is 10. The van der Waals surface area contributed by atoms with E-state index in [4.69, 9.17) is 18.7 Å². The molecule has 14 nitrogen and oxygen atoms in total. The van der Waals surface area contributed by atoms with Gasteiger partial charge in [-0.25, -0.2) is 19.4 Å². The van der Waals surface area contributed by atoms with Gasteiger partial charge in [-0.3, -0.25) is 28.5 Å². The summed E-state index contributed by atoms with van der Waals surface area (Å²) in [7, 11) is -4.38. The van der Waals surface area contributed by atoms with E-state index < -0.39 is 85.9 Å². The summed E-state index contributed by atoms with van der Waals surface area (Å²) in [5.41, 5.74) is -3.82. The van der Waals surface area contributed by atoms with Crippen LogP contribution in [-0.2, 0) is 32.9 Å². The zero-order valence-corrected chi connectivity index (χ0v) is 23.5. The number of nitrogens with one attached hydrogen (secondary N) is 3. The summed E-state index contributed by atoms with van der Waals surface area (Å²) in [5, 5.41) is 15.4. The average molecular weight is 579 g/mol. The van der Waals surface area contributed by atoms with Gasteiger partial charge >= 0.3 is 25.3 Å². The van der Waals surface area contributed by atoms with Crippen LogP contribution >= 0.6 is 7.67 Å². The number of alkyl halides is 1. The van der Waals surface area contributed by atoms with Gasteiger partial charge < -0.3 is 23.8 Å². The van der Waals surface area contributed by atoms with Crippen molar-refractivity contribution in [1.29, 1.82) is 0 Å². The Kier molecular flexibility index (Phi) is 10.9. The number of halogens is 1. The standard InChI is InChI=1S/C23H36FN4O10P/c1-8-23(18(24)17(30)19(38-23)28-10-9-16(29)25-22(28)33)11-35-39(34,26-14(6)20(31)36-12(2)3)27-15(7)21(32)37-13(4)5/h8-10,12-15,17-19,30H,1,11H2,2-7H3,(H,25,29,33)(H2,26,27,34)/t14-,15-,17+,18-,19+,23+/m0/s1. The highest BCUT2D eigenvalue weighted by Crippen LogP contribution is 2.45. The Morgan fingerprint density at radius 2 is 1.69 bits per heavy atom. The maximum Gasteiger partial charge on any atom is 0.342 e. The van der Waals surface area contributed by atoms with Gasteiger partial charge in [0.15, 0.2) is 12.4 Å². The Hall–Kier alpha value is -2.68. The molecule has 1 aromatic heterocycles. The van der Waals surface area contributed by atoms with Crippen molar-refractivity contribution in [3.63, 3.8) is 0 Å². The molecule has 0 radical (unpaired) electrons. The molecule has 0 aliphatic carbocycles. The molecule has 39 heavy (non-hydrogen) atoms. The molecule has 0 aromatic carbocycles. The third-order valence-electron chi connectivity index (χ3n) is 5.48. The fraction of sp³-hybridized carbons (Fsp3) is 0.652. The summed E-state index contributed by atoms with van der Waals surface area (Å²) < 4.78 is 51.4. The molecule has 2 heterocycles. The minimum Gasteiger partial charge on any atom is -0.462 e. The summed E-state index contributed by atoms with van der Waals surface area (Å²) >= 11 is 0. The average Bonchev–Trinajstić information content (AvgIpc) is 3.07. The molecule has 1 saturated heterocycles. The maximum absolute atomic E-state index is 15.4. The normalized spacial score (nSPS) is 24.9. The van der Waals surface area contributed by atoms with E-state index in [-0.39, 0.29) is 0 Å². The minimum absolute atomic E-state index is 0.479. The number of nitrogens with zero attached hydrogens (tertiary/aromatic N) is 1. The number of aliphatic hydroxyl groups excluding tert-OH is 1. The van der Waals surface area contributed by atoms with Crippen molar-refractivity contribution >= 4 is 19.6 Å². The van der Waals surface area contributed by atoms with Gasteiger partial charge in [-0.05, 0) is 41.5 Å². The van der Waals surface area contributed by atoms with Crippen molar-refractivity contribution in [2.75, 3.05) is 6.61 Å². The van der Waals surface area contributed by atoms with E-state index in [0.29, 0.717) is 0 Å². The first-order valence-corrected chi connectivity index (χ1v) is 13.8. The summed E-state index contributed by atoms with van der Waals surface area (Å²) in [6.07, 6.45) is -4.74. The largest absolute Gasteiger partial charge is 0.462 e. The Labute approximate surface area is 224 Å². The second-order valence-corrected chi connectivity index (χ2v) is 11.5. The third-order valence-corrected chi connectivity index (χ3v) is 7.43. The predicted octanol–water partition coefficient (Wildman–Crippen LogP) is 0.673. The second kappa shape index (κ2) is 13.1. The van der Waals surface area contributed by atoms with Crippen molar-refractivity contribution in [2.45, 2.75) is 89.9 Å². The lowest BCUT2D eigenvalue weighted by Crippen LogP contribution is -2.46. The first kappa shape index (κ1) is 32.5. The summed E-state index contributed by atoms with van der Waals surface area (Å²) in [4.78, 5) is 50.3. The molecule has 2 rings (SSSR count). The van der Waals surface area contributed by atoms with Gasteiger partial charge in [-0.2, -0.15) is 0 Å². The molecule has 1 aliphatic rings. The van der Waals surface area contributed by atoms with E-state index in [0.717, 1.165) is 22.9 Å². The van der Waals surface area contributed by atoms with Gasteiger partial charge in [0.25, 0.3) is 5.56 Å². The second-order valence-electron chi connectivity index (χ2n) is 9.58. The first-order valence-electron chi connectivity index (χ1n) is 12.2. The van der Waals surface area contributed by atoms with Crippen molar-refractivity contribution < 1.29 is 42.4 Å². The molecular formula is C23H36FN4O10P. The van der Waals surface area contributed by atoms with E-state index in [1.165, 1.54) is 13.8 Å². The summed E-state index contributed by atoms with van der Waals surface area (Å²) in [5.74, 6) is -1.56. The van der Waals surface area contributed by atoms with Gasteiger partial charge in [0.1, 0.15) is 23.8 Å². The predicted molar refractivity (Wildman–Crippen MR) is 136 cm³/mol. The number of rotatable bonds is 13. The van der Waals surface area contributed by atoms with Gasteiger partial charge in [-0.1, -0.05) is 6.08 Å². The fourth-order valence-corrected chi connectivity index (χ4v) is 5.40. The molecule has 6 atom stereocenters. The van der Waals surface area contributed by atoms with Crippen molar-refractivity contribution in [3.8, 4) is 0 Å². The topological polar surface area (TPSA) is 187 Å². The number of ether oxygens (including phenoxy) is 3. The lowest BCUT2D eigenvalue weighted by Gasteiger charge is -2.31. The van der Waals surface area contributed by atoms with Crippen LogP contribution in [0.15, 0.2) is 34.5 Å². The number of aromatic amines is 1. The molecule has 220 valence electrons. The van der Waals surface area contributed by atoms with E-state index in [9.17, 15) is 28.8 Å². The van der Waals surface area contributed by atoms with Gasteiger partial charge in [0.2, 0.25) is 0 Å².